The Morgan fingerprint density at radius 1 is 1.30 bits per heavy atom. The van der Waals surface area contributed by atoms with Gasteiger partial charge >= 0.3 is 12.0 Å². The molecular formula is C12H16N4O4. The van der Waals surface area contributed by atoms with Crippen LogP contribution in [0.1, 0.15) is 24.9 Å². The van der Waals surface area contributed by atoms with E-state index < -0.39 is 30.4 Å². The molecule has 5 N–H and O–H groups in total. The molecule has 2 atom stereocenters. The summed E-state index contributed by atoms with van der Waals surface area (Å²) in [6, 6.07) is 1.08. The Morgan fingerprint density at radius 2 is 1.90 bits per heavy atom. The van der Waals surface area contributed by atoms with E-state index in [4.69, 9.17) is 10.8 Å². The number of nitrogens with two attached hydrogens (primary N) is 1. The van der Waals surface area contributed by atoms with Crippen LogP contribution in [0.5, 0.6) is 0 Å². The Hall–Kier alpha value is -2.64. The number of carbonyl (C=O) groups excluding carboxylic acids is 2. The molecule has 8 heteroatoms. The fraction of sp³-hybridized carbons (Fsp3) is 0.333. The lowest BCUT2D eigenvalue weighted by atomic mass is 10.1. The zero-order chi connectivity index (χ0) is 15.1. The summed E-state index contributed by atoms with van der Waals surface area (Å²) in [6.45, 7) is 1.73. The van der Waals surface area contributed by atoms with E-state index in [2.05, 4.69) is 15.6 Å². The molecule has 0 aliphatic carbocycles. The van der Waals surface area contributed by atoms with Crippen LogP contribution in [0.2, 0.25) is 0 Å². The predicted molar refractivity (Wildman–Crippen MR) is 69.6 cm³/mol. The topological polar surface area (TPSA) is 134 Å². The standard InChI is InChI=1S/C12H16N4O4/c1-7(8-2-4-14-5-3-8)15-12(20)16-9(11(18)19)6-10(13)17/h2-5,7,9H,6H2,1H3,(H2,13,17)(H,18,19)(H2,15,16,20)/t7?,9-/m0/s1. The summed E-state index contributed by atoms with van der Waals surface area (Å²) in [6.07, 6.45) is 2.70. The highest BCUT2D eigenvalue weighted by atomic mass is 16.4. The normalized spacial score (nSPS) is 13.1. The second-order valence-electron chi connectivity index (χ2n) is 4.18. The minimum absolute atomic E-state index is 0.332. The largest absolute Gasteiger partial charge is 0.480 e. The number of carbonyl (C=O) groups is 3. The Bertz CT molecular complexity index is 491. The summed E-state index contributed by atoms with van der Waals surface area (Å²) >= 11 is 0. The molecule has 108 valence electrons. The molecule has 0 radical (unpaired) electrons. The van der Waals surface area contributed by atoms with Gasteiger partial charge in [-0.1, -0.05) is 0 Å². The molecule has 8 nitrogen and oxygen atoms in total. The molecule has 0 aliphatic heterocycles. The highest BCUT2D eigenvalue weighted by molar-refractivity contribution is 5.87. The van der Waals surface area contributed by atoms with Crippen LogP contribution in [0.15, 0.2) is 24.5 Å². The van der Waals surface area contributed by atoms with Crippen LogP contribution in [0, 0.1) is 0 Å². The number of urea groups is 1. The van der Waals surface area contributed by atoms with E-state index >= 15 is 0 Å². The molecular weight excluding hydrogens is 264 g/mol. The van der Waals surface area contributed by atoms with Gasteiger partial charge in [-0.25, -0.2) is 9.59 Å². The van der Waals surface area contributed by atoms with Gasteiger partial charge in [-0.05, 0) is 24.6 Å². The number of pyridine rings is 1. The molecule has 1 unspecified atom stereocenters. The van der Waals surface area contributed by atoms with Crippen LogP contribution in [-0.4, -0.2) is 34.0 Å². The SMILES string of the molecule is CC(NC(=O)N[C@@H](CC(N)=O)C(=O)O)c1ccncc1. The van der Waals surface area contributed by atoms with Crippen molar-refractivity contribution in [1.29, 1.82) is 0 Å². The van der Waals surface area contributed by atoms with Gasteiger partial charge in [0.2, 0.25) is 5.91 Å². The zero-order valence-electron chi connectivity index (χ0n) is 10.9. The van der Waals surface area contributed by atoms with Crippen molar-refractivity contribution in [2.45, 2.75) is 25.4 Å². The number of carboxylic acid groups (broad SMARTS) is 1. The number of rotatable bonds is 6. The van der Waals surface area contributed by atoms with Crippen molar-refractivity contribution < 1.29 is 19.5 Å². The first kappa shape index (κ1) is 15.4. The van der Waals surface area contributed by atoms with Crippen LogP contribution in [-0.2, 0) is 9.59 Å². The third kappa shape index (κ3) is 4.92. The van der Waals surface area contributed by atoms with Crippen molar-refractivity contribution >= 4 is 17.9 Å². The Balaban J connectivity index is 2.57. The molecule has 0 fully saturated rings. The highest BCUT2D eigenvalue weighted by Crippen LogP contribution is 2.09. The second kappa shape index (κ2) is 7.07. The van der Waals surface area contributed by atoms with E-state index in [-0.39, 0.29) is 6.04 Å². The number of nitrogens with zero attached hydrogens (tertiary/aromatic N) is 1. The lowest BCUT2D eigenvalue weighted by molar-refractivity contribution is -0.140. The monoisotopic (exact) mass is 280 g/mol. The lowest BCUT2D eigenvalue weighted by Gasteiger charge is -2.17. The summed E-state index contributed by atoms with van der Waals surface area (Å²) in [7, 11) is 0. The van der Waals surface area contributed by atoms with Crippen LogP contribution in [0.4, 0.5) is 4.79 Å². The van der Waals surface area contributed by atoms with Crippen LogP contribution >= 0.6 is 0 Å². The molecule has 0 spiro atoms. The van der Waals surface area contributed by atoms with Gasteiger partial charge in [-0.2, -0.15) is 0 Å². The summed E-state index contributed by atoms with van der Waals surface area (Å²) in [4.78, 5) is 37.1. The van der Waals surface area contributed by atoms with E-state index in [9.17, 15) is 14.4 Å². The predicted octanol–water partition coefficient (Wildman–Crippen LogP) is -0.230. The van der Waals surface area contributed by atoms with Gasteiger partial charge in [0.25, 0.3) is 0 Å². The average molecular weight is 280 g/mol. The molecule has 0 bridgehead atoms. The molecule has 3 amide bonds. The number of primary amides is 1. The molecule has 1 aromatic rings. The number of hydrogen-bond donors (Lipinski definition) is 4. The van der Waals surface area contributed by atoms with E-state index in [1.807, 2.05) is 0 Å². The van der Waals surface area contributed by atoms with Crippen molar-refractivity contribution in [3.05, 3.63) is 30.1 Å². The maximum absolute atomic E-state index is 11.7. The van der Waals surface area contributed by atoms with Gasteiger partial charge in [0.05, 0.1) is 12.5 Å². The molecule has 1 rings (SSSR count). The Labute approximate surface area is 115 Å². The van der Waals surface area contributed by atoms with E-state index in [1.54, 1.807) is 31.5 Å². The molecule has 0 saturated carbocycles. The smallest absolute Gasteiger partial charge is 0.326 e. The summed E-state index contributed by atoms with van der Waals surface area (Å²) in [5.74, 6) is -2.13. The van der Waals surface area contributed by atoms with Gasteiger partial charge in [-0.3, -0.25) is 9.78 Å². The number of aliphatic carboxylic acids is 1. The summed E-state index contributed by atoms with van der Waals surface area (Å²) < 4.78 is 0. The van der Waals surface area contributed by atoms with Crippen molar-refractivity contribution in [2.75, 3.05) is 0 Å². The van der Waals surface area contributed by atoms with Gasteiger partial charge in [0.1, 0.15) is 6.04 Å². The summed E-state index contributed by atoms with van der Waals surface area (Å²) in [5, 5.41) is 13.6. The van der Waals surface area contributed by atoms with Crippen molar-refractivity contribution in [3.63, 3.8) is 0 Å². The average Bonchev–Trinajstić information content (AvgIpc) is 2.38. The molecule has 0 aliphatic rings. The molecule has 1 heterocycles. The summed E-state index contributed by atoms with van der Waals surface area (Å²) in [5.41, 5.74) is 5.73. The molecule has 0 saturated heterocycles. The number of carboxylic acids is 1. The number of amides is 3. The highest BCUT2D eigenvalue weighted by Gasteiger charge is 2.22. The zero-order valence-corrected chi connectivity index (χ0v) is 10.9. The fourth-order valence-electron chi connectivity index (χ4n) is 1.53. The van der Waals surface area contributed by atoms with Crippen molar-refractivity contribution in [2.24, 2.45) is 5.73 Å². The first-order chi connectivity index (χ1) is 9.40. The minimum atomic E-state index is -1.35. The van der Waals surface area contributed by atoms with E-state index in [0.29, 0.717) is 0 Å². The van der Waals surface area contributed by atoms with Crippen molar-refractivity contribution in [3.8, 4) is 0 Å². The van der Waals surface area contributed by atoms with Gasteiger partial charge < -0.3 is 21.5 Å². The van der Waals surface area contributed by atoms with Crippen LogP contribution < -0.4 is 16.4 Å². The maximum Gasteiger partial charge on any atom is 0.326 e. The third-order valence-electron chi connectivity index (χ3n) is 2.56. The van der Waals surface area contributed by atoms with Gasteiger partial charge in [-0.15, -0.1) is 0 Å². The van der Waals surface area contributed by atoms with Crippen molar-refractivity contribution in [1.82, 2.24) is 15.6 Å². The Kier molecular flexibility index (Phi) is 5.45. The Morgan fingerprint density at radius 3 is 2.40 bits per heavy atom. The van der Waals surface area contributed by atoms with Crippen LogP contribution in [0.3, 0.4) is 0 Å². The van der Waals surface area contributed by atoms with E-state index in [1.165, 1.54) is 0 Å². The molecule has 0 aromatic carbocycles. The molecule has 1 aromatic heterocycles. The third-order valence-corrected chi connectivity index (χ3v) is 2.56. The lowest BCUT2D eigenvalue weighted by Crippen LogP contribution is -2.48. The maximum atomic E-state index is 11.7. The molecule has 20 heavy (non-hydrogen) atoms. The number of hydrogen-bond acceptors (Lipinski definition) is 4. The van der Waals surface area contributed by atoms with Gasteiger partial charge in [0, 0.05) is 12.4 Å². The quantitative estimate of drug-likeness (QED) is 0.571. The fourth-order valence-corrected chi connectivity index (χ4v) is 1.53. The second-order valence-corrected chi connectivity index (χ2v) is 4.18. The minimum Gasteiger partial charge on any atom is -0.480 e. The number of aromatic nitrogens is 1. The van der Waals surface area contributed by atoms with E-state index in [0.717, 1.165) is 5.56 Å². The first-order valence-electron chi connectivity index (χ1n) is 5.88. The van der Waals surface area contributed by atoms with Crippen LogP contribution in [0.25, 0.3) is 0 Å². The van der Waals surface area contributed by atoms with Gasteiger partial charge in [0.15, 0.2) is 0 Å². The number of nitrogens with one attached hydrogen (secondary N) is 2. The first-order valence-corrected chi connectivity index (χ1v) is 5.88.